The fraction of sp³-hybridized carbons (Fsp3) is 0.611. The quantitative estimate of drug-likeness (QED) is 0.391. The number of nitrogens with one attached hydrogen (secondary N) is 2. The Balaban J connectivity index is 1.90. The van der Waals surface area contributed by atoms with Crippen molar-refractivity contribution in [3.8, 4) is 11.5 Å². The normalized spacial score (nSPS) is 14.4. The monoisotopic (exact) mass is 335 g/mol. The van der Waals surface area contributed by atoms with E-state index in [0.29, 0.717) is 25.5 Å². The summed E-state index contributed by atoms with van der Waals surface area (Å²) in [7, 11) is 1.64. The molecule has 1 saturated carbocycles. The Kier molecular flexibility index (Phi) is 7.68. The van der Waals surface area contributed by atoms with Crippen molar-refractivity contribution in [3.63, 3.8) is 0 Å². The lowest BCUT2D eigenvalue weighted by atomic mass is 10.2. The molecule has 0 radical (unpaired) electrons. The Morgan fingerprint density at radius 2 is 2.08 bits per heavy atom. The molecule has 0 aliphatic heterocycles. The Bertz CT molecular complexity index is 530. The molecule has 0 bridgehead atoms. The van der Waals surface area contributed by atoms with Crippen molar-refractivity contribution >= 4 is 11.6 Å². The number of ether oxygens (including phenoxy) is 3. The van der Waals surface area contributed by atoms with Crippen molar-refractivity contribution in [2.75, 3.05) is 45.3 Å². The van der Waals surface area contributed by atoms with Crippen LogP contribution in [0.4, 0.5) is 5.69 Å². The molecule has 0 saturated heterocycles. The minimum atomic E-state index is 0.605. The summed E-state index contributed by atoms with van der Waals surface area (Å²) < 4.78 is 16.5. The third-order valence-corrected chi connectivity index (χ3v) is 3.63. The summed E-state index contributed by atoms with van der Waals surface area (Å²) in [5, 5.41) is 6.52. The van der Waals surface area contributed by atoms with Gasteiger partial charge in [-0.15, -0.1) is 0 Å². The number of guanidine groups is 1. The van der Waals surface area contributed by atoms with E-state index in [1.807, 2.05) is 32.0 Å². The zero-order valence-corrected chi connectivity index (χ0v) is 14.9. The molecule has 24 heavy (non-hydrogen) atoms. The molecule has 0 heterocycles. The molecule has 1 aromatic carbocycles. The summed E-state index contributed by atoms with van der Waals surface area (Å²) in [5.41, 5.74) is 0.897. The highest BCUT2D eigenvalue weighted by atomic mass is 16.5. The zero-order valence-electron chi connectivity index (χ0n) is 14.9. The first-order valence-electron chi connectivity index (χ1n) is 8.70. The van der Waals surface area contributed by atoms with E-state index in [1.54, 1.807) is 7.11 Å². The van der Waals surface area contributed by atoms with Crippen molar-refractivity contribution < 1.29 is 14.2 Å². The van der Waals surface area contributed by atoms with Crippen LogP contribution in [0, 0.1) is 5.92 Å². The van der Waals surface area contributed by atoms with E-state index in [0.717, 1.165) is 36.5 Å². The number of nitrogens with zero attached hydrogens (tertiary/aromatic N) is 1. The lowest BCUT2D eigenvalue weighted by Crippen LogP contribution is -2.31. The summed E-state index contributed by atoms with van der Waals surface area (Å²) in [4.78, 5) is 4.54. The lowest BCUT2D eigenvalue weighted by molar-refractivity contribution is 0.132. The molecule has 134 valence electrons. The third-order valence-electron chi connectivity index (χ3n) is 3.63. The predicted octanol–water partition coefficient (Wildman–Crippen LogP) is 2.90. The van der Waals surface area contributed by atoms with Crippen molar-refractivity contribution in [2.45, 2.75) is 26.7 Å². The number of methoxy groups -OCH3 is 1. The highest BCUT2D eigenvalue weighted by Crippen LogP contribution is 2.30. The van der Waals surface area contributed by atoms with Crippen molar-refractivity contribution in [1.29, 1.82) is 0 Å². The first-order valence-corrected chi connectivity index (χ1v) is 8.70. The summed E-state index contributed by atoms with van der Waals surface area (Å²) >= 11 is 0. The molecule has 1 aliphatic carbocycles. The molecule has 2 N–H and O–H groups in total. The maximum atomic E-state index is 5.62. The molecular formula is C18H29N3O3. The van der Waals surface area contributed by atoms with Crippen LogP contribution in [0.15, 0.2) is 23.2 Å². The van der Waals surface area contributed by atoms with Crippen molar-refractivity contribution in [1.82, 2.24) is 5.32 Å². The number of rotatable bonds is 10. The summed E-state index contributed by atoms with van der Waals surface area (Å²) in [6.45, 7) is 7.55. The van der Waals surface area contributed by atoms with Crippen LogP contribution in [0.3, 0.4) is 0 Å². The highest BCUT2D eigenvalue weighted by Gasteiger charge is 2.20. The van der Waals surface area contributed by atoms with Gasteiger partial charge in [-0.25, -0.2) is 0 Å². The third kappa shape index (κ3) is 6.28. The SMILES string of the molecule is CCNC(=NCCOCC1CC1)Nc1ccc(OCC)c(OC)c1. The van der Waals surface area contributed by atoms with Crippen LogP contribution in [-0.4, -0.2) is 46.0 Å². The van der Waals surface area contributed by atoms with Gasteiger partial charge in [-0.3, -0.25) is 4.99 Å². The van der Waals surface area contributed by atoms with E-state index >= 15 is 0 Å². The van der Waals surface area contributed by atoms with Crippen molar-refractivity contribution in [3.05, 3.63) is 18.2 Å². The van der Waals surface area contributed by atoms with Gasteiger partial charge in [0.1, 0.15) is 0 Å². The van der Waals surface area contributed by atoms with E-state index in [-0.39, 0.29) is 0 Å². The predicted molar refractivity (Wildman–Crippen MR) is 97.3 cm³/mol. The maximum absolute atomic E-state index is 5.62. The largest absolute Gasteiger partial charge is 0.493 e. The van der Waals surface area contributed by atoms with Crippen LogP contribution in [0.25, 0.3) is 0 Å². The van der Waals surface area contributed by atoms with E-state index in [4.69, 9.17) is 14.2 Å². The van der Waals surface area contributed by atoms with Gasteiger partial charge in [0.15, 0.2) is 17.5 Å². The second kappa shape index (κ2) is 10.0. The Morgan fingerprint density at radius 1 is 1.25 bits per heavy atom. The van der Waals surface area contributed by atoms with Crippen LogP contribution in [0.1, 0.15) is 26.7 Å². The second-order valence-corrected chi connectivity index (χ2v) is 5.70. The van der Waals surface area contributed by atoms with Gasteiger partial charge in [0.05, 0.1) is 26.9 Å². The van der Waals surface area contributed by atoms with Gasteiger partial charge in [-0.2, -0.15) is 0 Å². The summed E-state index contributed by atoms with van der Waals surface area (Å²) in [6.07, 6.45) is 2.63. The summed E-state index contributed by atoms with van der Waals surface area (Å²) in [5.74, 6) is 2.96. The first-order chi connectivity index (χ1) is 11.8. The molecule has 0 aromatic heterocycles. The van der Waals surface area contributed by atoms with Gasteiger partial charge in [-0.1, -0.05) is 0 Å². The van der Waals surface area contributed by atoms with E-state index in [2.05, 4.69) is 15.6 Å². The molecule has 0 unspecified atom stereocenters. The Hall–Kier alpha value is -1.95. The molecule has 0 amide bonds. The zero-order chi connectivity index (χ0) is 17.2. The molecule has 6 nitrogen and oxygen atoms in total. The molecule has 2 rings (SSSR count). The molecular weight excluding hydrogens is 306 g/mol. The van der Waals surface area contributed by atoms with Gasteiger partial charge in [0.25, 0.3) is 0 Å². The van der Waals surface area contributed by atoms with Crippen molar-refractivity contribution in [2.24, 2.45) is 10.9 Å². The molecule has 6 heteroatoms. The van der Waals surface area contributed by atoms with Gasteiger partial charge in [0.2, 0.25) is 0 Å². The minimum absolute atomic E-state index is 0.605. The average molecular weight is 335 g/mol. The van der Waals surface area contributed by atoms with Gasteiger partial charge in [-0.05, 0) is 44.7 Å². The number of hydrogen-bond donors (Lipinski definition) is 2. The number of hydrogen-bond acceptors (Lipinski definition) is 4. The summed E-state index contributed by atoms with van der Waals surface area (Å²) in [6, 6.07) is 5.75. The van der Waals surface area contributed by atoms with Gasteiger partial charge >= 0.3 is 0 Å². The van der Waals surface area contributed by atoms with Gasteiger partial charge < -0.3 is 24.8 Å². The highest BCUT2D eigenvalue weighted by molar-refractivity contribution is 5.93. The molecule has 1 aliphatic rings. The number of anilines is 1. The van der Waals surface area contributed by atoms with Crippen LogP contribution < -0.4 is 20.1 Å². The maximum Gasteiger partial charge on any atom is 0.195 e. The molecule has 1 fully saturated rings. The minimum Gasteiger partial charge on any atom is -0.493 e. The van der Waals surface area contributed by atoms with E-state index in [9.17, 15) is 0 Å². The fourth-order valence-electron chi connectivity index (χ4n) is 2.22. The first kappa shape index (κ1) is 18.4. The topological polar surface area (TPSA) is 64.1 Å². The van der Waals surface area contributed by atoms with E-state index < -0.39 is 0 Å². The number of aliphatic imine (C=N–C) groups is 1. The van der Waals surface area contributed by atoms with E-state index in [1.165, 1.54) is 12.8 Å². The standard InChI is InChI=1S/C18H29N3O3/c1-4-19-18(20-10-11-23-13-14-6-7-14)21-15-8-9-16(24-5-2)17(12-15)22-3/h8-9,12,14H,4-7,10-11,13H2,1-3H3,(H2,19,20,21). The van der Waals surface area contributed by atoms with Crippen LogP contribution in [0.2, 0.25) is 0 Å². The Labute approximate surface area is 144 Å². The molecule has 0 spiro atoms. The van der Waals surface area contributed by atoms with Gasteiger partial charge in [0, 0.05) is 24.9 Å². The smallest absolute Gasteiger partial charge is 0.195 e. The lowest BCUT2D eigenvalue weighted by Gasteiger charge is -2.14. The molecule has 0 atom stereocenters. The molecule has 1 aromatic rings. The number of benzene rings is 1. The van der Waals surface area contributed by atoms with Crippen LogP contribution in [-0.2, 0) is 4.74 Å². The average Bonchev–Trinajstić information content (AvgIpc) is 3.40. The Morgan fingerprint density at radius 3 is 2.75 bits per heavy atom. The fourth-order valence-corrected chi connectivity index (χ4v) is 2.22. The second-order valence-electron chi connectivity index (χ2n) is 5.70. The van der Waals surface area contributed by atoms with Crippen LogP contribution >= 0.6 is 0 Å². The van der Waals surface area contributed by atoms with Crippen LogP contribution in [0.5, 0.6) is 11.5 Å².